The Labute approximate surface area is 132 Å². The van der Waals surface area contributed by atoms with Crippen LogP contribution in [0, 0.1) is 16.3 Å². The van der Waals surface area contributed by atoms with Gasteiger partial charge in [0.05, 0.1) is 9.83 Å². The normalized spacial score (nSPS) is 12.7. The third kappa shape index (κ3) is 2.95. The van der Waals surface area contributed by atoms with Crippen molar-refractivity contribution < 1.29 is 4.39 Å². The summed E-state index contributed by atoms with van der Waals surface area (Å²) in [6.45, 7) is 2.10. The molecule has 1 aromatic carbocycles. The maximum atomic E-state index is 13.2. The van der Waals surface area contributed by atoms with Gasteiger partial charge in [0.1, 0.15) is 5.82 Å². The molecule has 1 unspecified atom stereocenters. The molecule has 5 heteroatoms. The first-order valence-corrected chi connectivity index (χ1v) is 8.09. The monoisotopic (exact) mass is 439 g/mol. The Morgan fingerprint density at radius 3 is 2.56 bits per heavy atom. The largest absolute Gasteiger partial charge is 0.309 e. The molecular formula is C13H12BrFINS. The zero-order valence-corrected chi connectivity index (χ0v) is 14.5. The van der Waals surface area contributed by atoms with Crippen LogP contribution in [0.5, 0.6) is 0 Å². The molecule has 0 spiro atoms. The molecule has 2 rings (SSSR count). The molecule has 0 bridgehead atoms. The summed E-state index contributed by atoms with van der Waals surface area (Å²) in [6, 6.07) is 7.15. The third-order valence-electron chi connectivity index (χ3n) is 2.80. The van der Waals surface area contributed by atoms with Gasteiger partial charge in [-0.1, -0.05) is 6.07 Å². The lowest BCUT2D eigenvalue weighted by atomic mass is 10.00. The maximum Gasteiger partial charge on any atom is 0.124 e. The van der Waals surface area contributed by atoms with E-state index in [0.717, 1.165) is 12.9 Å². The minimum absolute atomic E-state index is 0.0973. The smallest absolute Gasteiger partial charge is 0.124 e. The van der Waals surface area contributed by atoms with E-state index < -0.39 is 0 Å². The molecule has 0 amide bonds. The second-order valence-electron chi connectivity index (χ2n) is 3.95. The van der Waals surface area contributed by atoms with Crippen LogP contribution < -0.4 is 5.32 Å². The molecular weight excluding hydrogens is 428 g/mol. The molecule has 18 heavy (non-hydrogen) atoms. The van der Waals surface area contributed by atoms with Crippen molar-refractivity contribution in [3.63, 3.8) is 0 Å². The molecule has 1 N–H and O–H groups in total. The summed E-state index contributed by atoms with van der Waals surface area (Å²) < 4.78 is 15.2. The zero-order valence-electron chi connectivity index (χ0n) is 9.93. The summed E-state index contributed by atoms with van der Waals surface area (Å²) in [7, 11) is 1.93. The van der Waals surface area contributed by atoms with Gasteiger partial charge in [0.15, 0.2) is 0 Å². The molecule has 0 aliphatic rings. The fourth-order valence-electron chi connectivity index (χ4n) is 1.96. The number of hydrogen-bond donors (Lipinski definition) is 1. The van der Waals surface area contributed by atoms with E-state index in [-0.39, 0.29) is 11.9 Å². The first kappa shape index (κ1) is 14.4. The van der Waals surface area contributed by atoms with Crippen LogP contribution in [-0.2, 0) is 0 Å². The molecule has 0 aliphatic heterocycles. The average molecular weight is 440 g/mol. The predicted molar refractivity (Wildman–Crippen MR) is 86.8 cm³/mol. The lowest BCUT2D eigenvalue weighted by molar-refractivity contribution is 0.621. The van der Waals surface area contributed by atoms with Gasteiger partial charge in [0.25, 0.3) is 0 Å². The fourth-order valence-corrected chi connectivity index (χ4v) is 4.50. The Bertz CT molecular complexity index is 570. The van der Waals surface area contributed by atoms with E-state index in [9.17, 15) is 4.39 Å². The fraction of sp³-hybridized carbons (Fsp3) is 0.231. The Kier molecular flexibility index (Phi) is 4.80. The Hall–Kier alpha value is 0.0200. The summed E-state index contributed by atoms with van der Waals surface area (Å²) in [6.07, 6.45) is 0. The summed E-state index contributed by atoms with van der Waals surface area (Å²) >= 11 is 7.41. The lowest BCUT2D eigenvalue weighted by Crippen LogP contribution is -2.19. The van der Waals surface area contributed by atoms with E-state index in [0.29, 0.717) is 0 Å². The van der Waals surface area contributed by atoms with E-state index in [1.807, 2.05) is 13.1 Å². The average Bonchev–Trinajstić information content (AvgIpc) is 2.62. The van der Waals surface area contributed by atoms with Crippen LogP contribution in [0.2, 0.25) is 0 Å². The van der Waals surface area contributed by atoms with Crippen molar-refractivity contribution in [3.8, 4) is 0 Å². The van der Waals surface area contributed by atoms with Crippen molar-refractivity contribution in [2.45, 2.75) is 13.0 Å². The van der Waals surface area contributed by atoms with Crippen LogP contribution in [0.1, 0.15) is 22.0 Å². The van der Waals surface area contributed by atoms with Crippen molar-refractivity contribution >= 4 is 49.9 Å². The molecule has 1 aromatic heterocycles. The van der Waals surface area contributed by atoms with E-state index in [2.05, 4.69) is 56.8 Å². The van der Waals surface area contributed by atoms with Crippen molar-refractivity contribution in [2.75, 3.05) is 7.05 Å². The Balaban J connectivity index is 2.48. The Morgan fingerprint density at radius 1 is 1.33 bits per heavy atom. The summed E-state index contributed by atoms with van der Waals surface area (Å²) in [5, 5.41) is 3.31. The number of nitrogens with one attached hydrogen (secondary N) is 1. The Morgan fingerprint density at radius 2 is 2.06 bits per heavy atom. The highest BCUT2D eigenvalue weighted by Crippen LogP contribution is 2.35. The molecule has 1 atom stereocenters. The van der Waals surface area contributed by atoms with Crippen LogP contribution in [-0.4, -0.2) is 7.05 Å². The van der Waals surface area contributed by atoms with E-state index in [1.165, 1.54) is 16.5 Å². The highest BCUT2D eigenvalue weighted by molar-refractivity contribution is 14.1. The van der Waals surface area contributed by atoms with Gasteiger partial charge in [-0.2, -0.15) is 0 Å². The summed E-state index contributed by atoms with van der Waals surface area (Å²) in [5.74, 6) is -0.193. The molecule has 0 fully saturated rings. The molecule has 96 valence electrons. The number of thiophene rings is 1. The van der Waals surface area contributed by atoms with Crippen molar-refractivity contribution in [2.24, 2.45) is 0 Å². The molecule has 0 saturated heterocycles. The van der Waals surface area contributed by atoms with E-state index >= 15 is 0 Å². The number of benzene rings is 1. The van der Waals surface area contributed by atoms with Crippen LogP contribution in [0.15, 0.2) is 28.1 Å². The van der Waals surface area contributed by atoms with Crippen molar-refractivity contribution in [1.82, 2.24) is 5.32 Å². The van der Waals surface area contributed by atoms with Gasteiger partial charge < -0.3 is 5.32 Å². The quantitative estimate of drug-likeness (QED) is 0.672. The molecule has 0 saturated carbocycles. The number of aryl methyl sites for hydroxylation is 1. The molecule has 0 aliphatic carbocycles. The van der Waals surface area contributed by atoms with Crippen LogP contribution in [0.3, 0.4) is 0 Å². The van der Waals surface area contributed by atoms with Gasteiger partial charge in [-0.3, -0.25) is 0 Å². The highest BCUT2D eigenvalue weighted by atomic mass is 127. The van der Waals surface area contributed by atoms with Crippen LogP contribution in [0.4, 0.5) is 4.39 Å². The van der Waals surface area contributed by atoms with Crippen LogP contribution >= 0.6 is 49.9 Å². The first-order chi connectivity index (χ1) is 8.52. The predicted octanol–water partition coefficient (Wildman–Crippen LogP) is 4.87. The molecule has 1 heterocycles. The van der Waals surface area contributed by atoms with Gasteiger partial charge in [-0.15, -0.1) is 11.3 Å². The SMILES string of the molecule is CNC(c1ccc(F)cc1I)c1cc(Br)sc1C. The molecule has 1 nitrogen and oxygen atoms in total. The summed E-state index contributed by atoms with van der Waals surface area (Å²) in [5.41, 5.74) is 2.34. The van der Waals surface area contributed by atoms with Crippen molar-refractivity contribution in [3.05, 3.63) is 53.4 Å². The van der Waals surface area contributed by atoms with Crippen molar-refractivity contribution in [1.29, 1.82) is 0 Å². The van der Waals surface area contributed by atoms with Gasteiger partial charge in [0.2, 0.25) is 0 Å². The highest BCUT2D eigenvalue weighted by Gasteiger charge is 2.19. The second kappa shape index (κ2) is 5.98. The van der Waals surface area contributed by atoms with Gasteiger partial charge in [-0.05, 0) is 81.8 Å². The summed E-state index contributed by atoms with van der Waals surface area (Å²) in [4.78, 5) is 1.27. The third-order valence-corrected chi connectivity index (χ3v) is 5.30. The molecule has 2 aromatic rings. The second-order valence-corrected chi connectivity index (χ2v) is 7.75. The number of rotatable bonds is 3. The lowest BCUT2D eigenvalue weighted by Gasteiger charge is -2.18. The van der Waals surface area contributed by atoms with E-state index in [1.54, 1.807) is 17.4 Å². The van der Waals surface area contributed by atoms with Crippen LogP contribution in [0.25, 0.3) is 0 Å². The zero-order chi connectivity index (χ0) is 13.3. The van der Waals surface area contributed by atoms with Gasteiger partial charge >= 0.3 is 0 Å². The number of hydrogen-bond acceptors (Lipinski definition) is 2. The van der Waals surface area contributed by atoms with Gasteiger partial charge in [0, 0.05) is 8.45 Å². The standard InChI is InChI=1S/C13H12BrFINS/c1-7-10(6-12(14)18-7)13(17-2)9-4-3-8(15)5-11(9)16/h3-6,13,17H,1-2H3. The topological polar surface area (TPSA) is 12.0 Å². The number of halogens is 3. The first-order valence-electron chi connectivity index (χ1n) is 5.41. The maximum absolute atomic E-state index is 13.2. The van der Waals surface area contributed by atoms with Gasteiger partial charge in [-0.25, -0.2) is 4.39 Å². The minimum Gasteiger partial charge on any atom is -0.309 e. The van der Waals surface area contributed by atoms with E-state index in [4.69, 9.17) is 0 Å². The minimum atomic E-state index is -0.193. The molecule has 0 radical (unpaired) electrons.